The lowest BCUT2D eigenvalue weighted by Crippen LogP contribution is -2.38. The molecule has 0 bridgehead atoms. The van der Waals surface area contributed by atoms with Crippen LogP contribution < -0.4 is 10.1 Å². The van der Waals surface area contributed by atoms with Crippen LogP contribution in [0.4, 0.5) is 5.69 Å². The third kappa shape index (κ3) is 4.44. The van der Waals surface area contributed by atoms with Crippen molar-refractivity contribution in [3.63, 3.8) is 0 Å². The van der Waals surface area contributed by atoms with Gasteiger partial charge in [-0.25, -0.2) is 0 Å². The normalized spacial score (nSPS) is 15.5. The maximum atomic E-state index is 11.8. The van der Waals surface area contributed by atoms with Gasteiger partial charge in [0.05, 0.1) is 4.92 Å². The average molecular weight is 292 g/mol. The van der Waals surface area contributed by atoms with Gasteiger partial charge in [0.2, 0.25) is 0 Å². The number of hydrogen-bond donors (Lipinski definition) is 1. The maximum Gasteiger partial charge on any atom is 0.272 e. The van der Waals surface area contributed by atoms with Gasteiger partial charge >= 0.3 is 0 Å². The Morgan fingerprint density at radius 1 is 1.38 bits per heavy atom. The summed E-state index contributed by atoms with van der Waals surface area (Å²) >= 11 is 0. The predicted molar refractivity (Wildman–Crippen MR) is 78.3 cm³/mol. The zero-order chi connectivity index (χ0) is 15.2. The van der Waals surface area contributed by atoms with Crippen molar-refractivity contribution in [2.75, 3.05) is 6.61 Å². The van der Waals surface area contributed by atoms with Crippen LogP contribution in [-0.4, -0.2) is 23.5 Å². The van der Waals surface area contributed by atoms with Crippen LogP contribution >= 0.6 is 0 Å². The fourth-order valence-corrected chi connectivity index (χ4v) is 2.59. The molecule has 1 aliphatic rings. The van der Waals surface area contributed by atoms with E-state index in [9.17, 15) is 14.9 Å². The van der Waals surface area contributed by atoms with Gasteiger partial charge in [-0.1, -0.05) is 19.3 Å². The molecule has 0 aliphatic heterocycles. The predicted octanol–water partition coefficient (Wildman–Crippen LogP) is 2.73. The number of carbonyl (C=O) groups is 1. The number of benzene rings is 1. The molecule has 1 aromatic rings. The van der Waals surface area contributed by atoms with E-state index in [1.54, 1.807) is 13.0 Å². The number of nitro groups is 1. The number of aryl methyl sites for hydroxylation is 1. The smallest absolute Gasteiger partial charge is 0.272 e. The molecule has 1 saturated carbocycles. The van der Waals surface area contributed by atoms with Crippen LogP contribution in [0, 0.1) is 17.0 Å². The summed E-state index contributed by atoms with van der Waals surface area (Å²) < 4.78 is 5.39. The SMILES string of the molecule is Cc1cc(OCC(=O)NC2CCCCC2)ccc1[N+](=O)[O-]. The molecule has 1 aliphatic carbocycles. The van der Waals surface area contributed by atoms with E-state index in [0.717, 1.165) is 25.7 Å². The van der Waals surface area contributed by atoms with Crippen molar-refractivity contribution in [3.8, 4) is 5.75 Å². The molecule has 1 fully saturated rings. The van der Waals surface area contributed by atoms with Crippen LogP contribution in [0.5, 0.6) is 5.75 Å². The molecule has 6 heteroatoms. The third-order valence-corrected chi connectivity index (χ3v) is 3.71. The van der Waals surface area contributed by atoms with Crippen LogP contribution in [0.15, 0.2) is 18.2 Å². The average Bonchev–Trinajstić information content (AvgIpc) is 2.46. The molecular weight excluding hydrogens is 272 g/mol. The Bertz CT molecular complexity index is 524. The topological polar surface area (TPSA) is 81.5 Å². The van der Waals surface area contributed by atoms with Crippen molar-refractivity contribution < 1.29 is 14.5 Å². The number of rotatable bonds is 5. The van der Waals surface area contributed by atoms with E-state index in [2.05, 4.69) is 5.32 Å². The second-order valence-electron chi connectivity index (χ2n) is 5.40. The molecule has 2 rings (SSSR count). The summed E-state index contributed by atoms with van der Waals surface area (Å²) in [4.78, 5) is 22.1. The molecule has 0 spiro atoms. The van der Waals surface area contributed by atoms with Crippen molar-refractivity contribution in [2.24, 2.45) is 0 Å². The van der Waals surface area contributed by atoms with Crippen LogP contribution in [0.3, 0.4) is 0 Å². The van der Waals surface area contributed by atoms with E-state index in [1.807, 2.05) is 0 Å². The Balaban J connectivity index is 1.83. The number of nitro benzene ring substituents is 1. The zero-order valence-electron chi connectivity index (χ0n) is 12.1. The highest BCUT2D eigenvalue weighted by Crippen LogP contribution is 2.23. The minimum absolute atomic E-state index is 0.0500. The van der Waals surface area contributed by atoms with Crippen LogP contribution in [0.1, 0.15) is 37.7 Å². The maximum absolute atomic E-state index is 11.8. The number of nitrogens with zero attached hydrogens (tertiary/aromatic N) is 1. The van der Waals surface area contributed by atoms with E-state index >= 15 is 0 Å². The van der Waals surface area contributed by atoms with Gasteiger partial charge in [-0.2, -0.15) is 0 Å². The fourth-order valence-electron chi connectivity index (χ4n) is 2.59. The Labute approximate surface area is 123 Å². The van der Waals surface area contributed by atoms with Gasteiger partial charge in [0.15, 0.2) is 6.61 Å². The van der Waals surface area contributed by atoms with Crippen LogP contribution in [0.25, 0.3) is 0 Å². The van der Waals surface area contributed by atoms with Crippen molar-refractivity contribution in [2.45, 2.75) is 45.1 Å². The Morgan fingerprint density at radius 3 is 2.71 bits per heavy atom. The summed E-state index contributed by atoms with van der Waals surface area (Å²) in [5, 5.41) is 13.7. The second-order valence-corrected chi connectivity index (χ2v) is 5.40. The number of carbonyl (C=O) groups excluding carboxylic acids is 1. The highest BCUT2D eigenvalue weighted by molar-refractivity contribution is 5.77. The second kappa shape index (κ2) is 7.06. The molecule has 0 aromatic heterocycles. The molecule has 21 heavy (non-hydrogen) atoms. The van der Waals surface area contributed by atoms with Gasteiger partial charge in [0.25, 0.3) is 11.6 Å². The Kier molecular flexibility index (Phi) is 5.14. The first-order valence-electron chi connectivity index (χ1n) is 7.23. The first kappa shape index (κ1) is 15.3. The summed E-state index contributed by atoms with van der Waals surface area (Å²) in [5.41, 5.74) is 0.569. The van der Waals surface area contributed by atoms with Gasteiger partial charge < -0.3 is 10.1 Å². The van der Waals surface area contributed by atoms with E-state index in [0.29, 0.717) is 11.3 Å². The lowest BCUT2D eigenvalue weighted by molar-refractivity contribution is -0.385. The molecule has 0 atom stereocenters. The van der Waals surface area contributed by atoms with Gasteiger partial charge in [0, 0.05) is 17.7 Å². The molecule has 1 N–H and O–H groups in total. The zero-order valence-corrected chi connectivity index (χ0v) is 12.1. The van der Waals surface area contributed by atoms with E-state index in [-0.39, 0.29) is 24.2 Å². The molecule has 6 nitrogen and oxygen atoms in total. The summed E-state index contributed by atoms with van der Waals surface area (Å²) in [6.45, 7) is 1.58. The van der Waals surface area contributed by atoms with Gasteiger partial charge in [-0.05, 0) is 31.9 Å². The number of nitrogens with one attached hydrogen (secondary N) is 1. The standard InChI is InChI=1S/C15H20N2O4/c1-11-9-13(7-8-14(11)17(19)20)21-10-15(18)16-12-5-3-2-4-6-12/h7-9,12H,2-6,10H2,1H3,(H,16,18). The Morgan fingerprint density at radius 2 is 2.10 bits per heavy atom. The highest BCUT2D eigenvalue weighted by Gasteiger charge is 2.16. The lowest BCUT2D eigenvalue weighted by atomic mass is 9.95. The van der Waals surface area contributed by atoms with Gasteiger partial charge in [-0.3, -0.25) is 14.9 Å². The first-order valence-corrected chi connectivity index (χ1v) is 7.23. The highest BCUT2D eigenvalue weighted by atomic mass is 16.6. The molecule has 0 unspecified atom stereocenters. The van der Waals surface area contributed by atoms with Crippen LogP contribution in [0.2, 0.25) is 0 Å². The number of ether oxygens (including phenoxy) is 1. The van der Waals surface area contributed by atoms with Crippen LogP contribution in [-0.2, 0) is 4.79 Å². The quantitative estimate of drug-likeness (QED) is 0.668. The minimum atomic E-state index is -0.436. The monoisotopic (exact) mass is 292 g/mol. The van der Waals surface area contributed by atoms with E-state index in [4.69, 9.17) is 4.74 Å². The van der Waals surface area contributed by atoms with E-state index in [1.165, 1.54) is 18.6 Å². The van der Waals surface area contributed by atoms with Gasteiger partial charge in [-0.15, -0.1) is 0 Å². The molecule has 1 amide bonds. The van der Waals surface area contributed by atoms with Crippen molar-refractivity contribution in [1.82, 2.24) is 5.32 Å². The summed E-state index contributed by atoms with van der Waals surface area (Å²) in [6, 6.07) is 4.74. The van der Waals surface area contributed by atoms with Crippen molar-refractivity contribution in [3.05, 3.63) is 33.9 Å². The van der Waals surface area contributed by atoms with E-state index < -0.39 is 4.92 Å². The molecular formula is C15H20N2O4. The molecule has 1 aromatic carbocycles. The minimum Gasteiger partial charge on any atom is -0.484 e. The molecule has 114 valence electrons. The third-order valence-electron chi connectivity index (χ3n) is 3.71. The summed E-state index contributed by atoms with van der Waals surface area (Å²) in [5.74, 6) is 0.329. The Hall–Kier alpha value is -2.11. The summed E-state index contributed by atoms with van der Waals surface area (Å²) in [7, 11) is 0. The van der Waals surface area contributed by atoms with Gasteiger partial charge in [0.1, 0.15) is 5.75 Å². The van der Waals surface area contributed by atoms with Crippen molar-refractivity contribution >= 4 is 11.6 Å². The number of amides is 1. The molecule has 0 radical (unpaired) electrons. The largest absolute Gasteiger partial charge is 0.484 e. The van der Waals surface area contributed by atoms with Crippen molar-refractivity contribution in [1.29, 1.82) is 0 Å². The first-order chi connectivity index (χ1) is 10.1. The fraction of sp³-hybridized carbons (Fsp3) is 0.533. The lowest BCUT2D eigenvalue weighted by Gasteiger charge is -2.22. The molecule has 0 heterocycles. The summed E-state index contributed by atoms with van der Waals surface area (Å²) in [6.07, 6.45) is 5.62. The molecule has 0 saturated heterocycles. The number of hydrogen-bond acceptors (Lipinski definition) is 4.